The molecule has 19 heavy (non-hydrogen) atoms. The molecule has 0 aliphatic rings. The van der Waals surface area contributed by atoms with Crippen LogP contribution in [0.4, 0.5) is 0 Å². The highest BCUT2D eigenvalue weighted by molar-refractivity contribution is 9.09. The fourth-order valence-electron chi connectivity index (χ4n) is 1.74. The van der Waals surface area contributed by atoms with Gasteiger partial charge in [-0.3, -0.25) is 4.79 Å². The lowest BCUT2D eigenvalue weighted by Gasteiger charge is -2.29. The zero-order valence-electron chi connectivity index (χ0n) is 10.3. The molecule has 0 spiro atoms. The summed E-state index contributed by atoms with van der Waals surface area (Å²) in [6.07, 6.45) is 0. The maximum Gasteiger partial charge on any atom is 0.262 e. The van der Waals surface area contributed by atoms with E-state index in [0.29, 0.717) is 14.5 Å². The highest BCUT2D eigenvalue weighted by atomic mass is 79.9. The number of carbonyl (C=O) groups is 1. The third-order valence-electron chi connectivity index (χ3n) is 2.86. The zero-order valence-corrected chi connectivity index (χ0v) is 13.5. The van der Waals surface area contributed by atoms with Crippen molar-refractivity contribution in [2.24, 2.45) is 0 Å². The number of rotatable bonds is 4. The molecule has 1 aromatic heterocycles. The summed E-state index contributed by atoms with van der Waals surface area (Å²) in [4.78, 5) is 12.8. The molecular formula is C14H13BrClNOS. The molecule has 1 aromatic carbocycles. The topological polar surface area (TPSA) is 29.1 Å². The summed E-state index contributed by atoms with van der Waals surface area (Å²) in [5.41, 5.74) is 0.609. The standard InChI is InChI=1S/C14H13BrClNOS/c1-14(9-15,10-5-3-2-4-6-10)17-13(18)11-7-8-12(16)19-11/h2-8H,9H2,1H3,(H,17,18). The van der Waals surface area contributed by atoms with E-state index in [-0.39, 0.29) is 5.91 Å². The van der Waals surface area contributed by atoms with Gasteiger partial charge in [-0.25, -0.2) is 0 Å². The van der Waals surface area contributed by atoms with Gasteiger partial charge in [-0.15, -0.1) is 11.3 Å². The molecule has 1 unspecified atom stereocenters. The molecule has 1 N–H and O–H groups in total. The van der Waals surface area contributed by atoms with Crippen LogP contribution in [0.5, 0.6) is 0 Å². The Morgan fingerprint density at radius 2 is 2.00 bits per heavy atom. The van der Waals surface area contributed by atoms with Crippen LogP contribution in [0.1, 0.15) is 22.2 Å². The second-order valence-electron chi connectivity index (χ2n) is 4.39. The van der Waals surface area contributed by atoms with Crippen LogP contribution in [-0.4, -0.2) is 11.2 Å². The summed E-state index contributed by atoms with van der Waals surface area (Å²) in [5, 5.41) is 3.69. The van der Waals surface area contributed by atoms with Crippen LogP contribution >= 0.6 is 38.9 Å². The summed E-state index contributed by atoms with van der Waals surface area (Å²) in [6.45, 7) is 1.99. The van der Waals surface area contributed by atoms with Crippen molar-refractivity contribution in [1.29, 1.82) is 0 Å². The number of halogens is 2. The molecule has 0 aliphatic carbocycles. The van der Waals surface area contributed by atoms with Crippen LogP contribution in [0.2, 0.25) is 4.34 Å². The van der Waals surface area contributed by atoms with Crippen molar-refractivity contribution in [1.82, 2.24) is 5.32 Å². The average Bonchev–Trinajstić information content (AvgIpc) is 2.86. The van der Waals surface area contributed by atoms with E-state index in [4.69, 9.17) is 11.6 Å². The van der Waals surface area contributed by atoms with Crippen LogP contribution in [0.15, 0.2) is 42.5 Å². The molecule has 0 aliphatic heterocycles. The number of benzene rings is 1. The molecule has 2 rings (SSSR count). The first-order valence-electron chi connectivity index (χ1n) is 5.74. The van der Waals surface area contributed by atoms with Crippen LogP contribution in [-0.2, 0) is 5.54 Å². The minimum absolute atomic E-state index is 0.109. The van der Waals surface area contributed by atoms with Crippen molar-refractivity contribution >= 4 is 44.8 Å². The van der Waals surface area contributed by atoms with E-state index in [0.717, 1.165) is 5.56 Å². The fourth-order valence-corrected chi connectivity index (χ4v) is 3.14. The predicted molar refractivity (Wildman–Crippen MR) is 84.4 cm³/mol. The number of nitrogens with one attached hydrogen (secondary N) is 1. The van der Waals surface area contributed by atoms with E-state index in [1.54, 1.807) is 12.1 Å². The number of hydrogen-bond acceptors (Lipinski definition) is 2. The molecule has 1 atom stereocenters. The summed E-state index contributed by atoms with van der Waals surface area (Å²) in [6, 6.07) is 13.4. The second kappa shape index (κ2) is 6.07. The Hall–Kier alpha value is -0.840. The Labute approximate surface area is 129 Å². The van der Waals surface area contributed by atoms with E-state index < -0.39 is 5.54 Å². The van der Waals surface area contributed by atoms with E-state index in [9.17, 15) is 4.79 Å². The van der Waals surface area contributed by atoms with Gasteiger partial charge in [-0.1, -0.05) is 57.9 Å². The predicted octanol–water partition coefficient (Wildman–Crippen LogP) is 4.44. The zero-order chi connectivity index (χ0) is 13.9. The van der Waals surface area contributed by atoms with Crippen LogP contribution in [0, 0.1) is 0 Å². The number of carbonyl (C=O) groups excluding carboxylic acids is 1. The first-order chi connectivity index (χ1) is 9.05. The van der Waals surface area contributed by atoms with Gasteiger partial charge in [-0.05, 0) is 24.6 Å². The van der Waals surface area contributed by atoms with Crippen LogP contribution in [0.25, 0.3) is 0 Å². The van der Waals surface area contributed by atoms with Crippen LogP contribution in [0.3, 0.4) is 0 Å². The number of alkyl halides is 1. The average molecular weight is 359 g/mol. The van der Waals surface area contributed by atoms with Crippen molar-refractivity contribution in [3.63, 3.8) is 0 Å². The highest BCUT2D eigenvalue weighted by Crippen LogP contribution is 2.26. The molecule has 0 bridgehead atoms. The third kappa shape index (κ3) is 3.38. The van der Waals surface area contributed by atoms with E-state index >= 15 is 0 Å². The quantitative estimate of drug-likeness (QED) is 0.804. The van der Waals surface area contributed by atoms with Crippen molar-refractivity contribution in [2.75, 3.05) is 5.33 Å². The van der Waals surface area contributed by atoms with E-state index in [2.05, 4.69) is 21.2 Å². The van der Waals surface area contributed by atoms with E-state index in [1.807, 2.05) is 37.3 Å². The SMILES string of the molecule is CC(CBr)(NC(=O)c1ccc(Cl)s1)c1ccccc1. The Bertz CT molecular complexity index is 572. The Morgan fingerprint density at radius 1 is 1.32 bits per heavy atom. The third-order valence-corrected chi connectivity index (χ3v) is 5.22. The minimum Gasteiger partial charge on any atom is -0.341 e. The van der Waals surface area contributed by atoms with E-state index in [1.165, 1.54) is 11.3 Å². The smallest absolute Gasteiger partial charge is 0.262 e. The molecule has 1 amide bonds. The molecule has 0 radical (unpaired) electrons. The molecule has 5 heteroatoms. The molecule has 0 fully saturated rings. The van der Waals surface area contributed by atoms with Gasteiger partial charge in [0.25, 0.3) is 5.91 Å². The first-order valence-corrected chi connectivity index (χ1v) is 8.06. The fraction of sp³-hybridized carbons (Fsp3) is 0.214. The van der Waals surface area contributed by atoms with Gasteiger partial charge in [0.1, 0.15) is 0 Å². The molecule has 1 heterocycles. The molecule has 2 nitrogen and oxygen atoms in total. The Morgan fingerprint density at radius 3 is 2.53 bits per heavy atom. The Kier molecular flexibility index (Phi) is 4.66. The lowest BCUT2D eigenvalue weighted by molar-refractivity contribution is 0.0918. The maximum absolute atomic E-state index is 12.2. The second-order valence-corrected chi connectivity index (χ2v) is 6.67. The van der Waals surface area contributed by atoms with Crippen molar-refractivity contribution in [2.45, 2.75) is 12.5 Å². The van der Waals surface area contributed by atoms with Gasteiger partial charge in [0, 0.05) is 5.33 Å². The molecule has 0 saturated heterocycles. The lowest BCUT2D eigenvalue weighted by atomic mass is 9.94. The maximum atomic E-state index is 12.2. The first kappa shape index (κ1) is 14.6. The van der Waals surface area contributed by atoms with Crippen molar-refractivity contribution in [3.8, 4) is 0 Å². The highest BCUT2D eigenvalue weighted by Gasteiger charge is 2.28. The molecular weight excluding hydrogens is 346 g/mol. The van der Waals surface area contributed by atoms with Gasteiger partial charge >= 0.3 is 0 Å². The normalized spacial score (nSPS) is 13.8. The monoisotopic (exact) mass is 357 g/mol. The van der Waals surface area contributed by atoms with Crippen LogP contribution < -0.4 is 5.32 Å². The van der Waals surface area contributed by atoms with Crippen molar-refractivity contribution in [3.05, 3.63) is 57.2 Å². The van der Waals surface area contributed by atoms with Gasteiger partial charge in [0.05, 0.1) is 14.8 Å². The number of amides is 1. The Balaban J connectivity index is 2.22. The summed E-state index contributed by atoms with van der Waals surface area (Å²) in [5.74, 6) is -0.109. The summed E-state index contributed by atoms with van der Waals surface area (Å²) < 4.78 is 0.616. The molecule has 2 aromatic rings. The lowest BCUT2D eigenvalue weighted by Crippen LogP contribution is -2.44. The largest absolute Gasteiger partial charge is 0.341 e. The molecule has 0 saturated carbocycles. The van der Waals surface area contributed by atoms with Gasteiger partial charge in [0.2, 0.25) is 0 Å². The summed E-state index contributed by atoms with van der Waals surface area (Å²) >= 11 is 10.6. The number of hydrogen-bond donors (Lipinski definition) is 1. The van der Waals surface area contributed by atoms with Gasteiger partial charge in [0.15, 0.2) is 0 Å². The number of thiophene rings is 1. The van der Waals surface area contributed by atoms with Gasteiger partial charge in [-0.2, -0.15) is 0 Å². The minimum atomic E-state index is -0.450. The summed E-state index contributed by atoms with van der Waals surface area (Å²) in [7, 11) is 0. The van der Waals surface area contributed by atoms with Crippen molar-refractivity contribution < 1.29 is 4.79 Å². The van der Waals surface area contributed by atoms with Gasteiger partial charge < -0.3 is 5.32 Å². The molecule has 100 valence electrons.